The molecule has 1 atom stereocenters. The van der Waals surface area contributed by atoms with E-state index in [0.29, 0.717) is 18.8 Å². The van der Waals surface area contributed by atoms with Crippen molar-refractivity contribution < 1.29 is 14.3 Å². The Morgan fingerprint density at radius 3 is 3.00 bits per heavy atom. The smallest absolute Gasteiger partial charge is 0.301 e. The summed E-state index contributed by atoms with van der Waals surface area (Å²) in [6.07, 6.45) is 0.753. The number of nitrogens with two attached hydrogens (primary N) is 1. The Bertz CT molecular complexity index is 453. The first kappa shape index (κ1) is 13.1. The molecule has 0 radical (unpaired) electrons. The van der Waals surface area contributed by atoms with Gasteiger partial charge in [-0.1, -0.05) is 0 Å². The van der Waals surface area contributed by atoms with Crippen LogP contribution in [-0.4, -0.2) is 34.6 Å². The third kappa shape index (κ3) is 2.72. The minimum Gasteiger partial charge on any atom is -0.454 e. The van der Waals surface area contributed by atoms with Gasteiger partial charge in [-0.2, -0.15) is 0 Å². The monoisotopic (exact) mass is 253 g/mol. The van der Waals surface area contributed by atoms with E-state index >= 15 is 0 Å². The van der Waals surface area contributed by atoms with Gasteiger partial charge in [-0.05, 0) is 26.3 Å². The molecule has 0 aromatic carbocycles. The largest absolute Gasteiger partial charge is 0.454 e. The van der Waals surface area contributed by atoms with E-state index in [-0.39, 0.29) is 5.76 Å². The molecular formula is C12H19N3O3. The van der Waals surface area contributed by atoms with Gasteiger partial charge >= 0.3 is 5.91 Å². The minimum atomic E-state index is -0.626. The number of hydrogen-bond donors (Lipinski definition) is 3. The molecule has 100 valence electrons. The Morgan fingerprint density at radius 1 is 1.72 bits per heavy atom. The molecule has 2 rings (SSSR count). The van der Waals surface area contributed by atoms with Gasteiger partial charge in [0.15, 0.2) is 5.76 Å². The highest BCUT2D eigenvalue weighted by molar-refractivity contribution is 5.92. The van der Waals surface area contributed by atoms with Gasteiger partial charge in [-0.15, -0.1) is 0 Å². The number of nitrogens with zero attached hydrogens (tertiary/aromatic N) is 1. The third-order valence-corrected chi connectivity index (χ3v) is 3.22. The van der Waals surface area contributed by atoms with Crippen molar-refractivity contribution in [1.29, 1.82) is 0 Å². The number of β-amino-alcohol motifs (C(OH)–C–C–N with tert-alkyl or cyclic N) is 1. The number of rotatable bonds is 3. The van der Waals surface area contributed by atoms with Crippen molar-refractivity contribution in [2.75, 3.05) is 13.1 Å². The summed E-state index contributed by atoms with van der Waals surface area (Å²) in [4.78, 5) is 13.5. The van der Waals surface area contributed by atoms with E-state index in [2.05, 4.69) is 10.3 Å². The van der Waals surface area contributed by atoms with Crippen LogP contribution in [0.3, 0.4) is 0 Å². The zero-order valence-corrected chi connectivity index (χ0v) is 10.7. The van der Waals surface area contributed by atoms with Gasteiger partial charge in [-0.3, -0.25) is 15.1 Å². The van der Waals surface area contributed by atoms with Crippen LogP contribution >= 0.6 is 0 Å². The van der Waals surface area contributed by atoms with Crippen LogP contribution in [0.2, 0.25) is 0 Å². The van der Waals surface area contributed by atoms with Crippen molar-refractivity contribution in [2.24, 2.45) is 5.84 Å². The lowest BCUT2D eigenvalue weighted by molar-refractivity contribution is 0.0668. The highest BCUT2D eigenvalue weighted by atomic mass is 16.4. The molecule has 2 heterocycles. The molecule has 4 N–H and O–H groups in total. The van der Waals surface area contributed by atoms with Crippen LogP contribution in [0, 0.1) is 6.92 Å². The molecule has 1 aromatic rings. The number of hydrogen-bond acceptors (Lipinski definition) is 5. The third-order valence-electron chi connectivity index (χ3n) is 3.22. The summed E-state index contributed by atoms with van der Waals surface area (Å²) >= 11 is 0. The van der Waals surface area contributed by atoms with E-state index < -0.39 is 11.5 Å². The predicted octanol–water partition coefficient (Wildman–Crippen LogP) is 0.148. The van der Waals surface area contributed by atoms with Crippen molar-refractivity contribution in [3.8, 4) is 0 Å². The first-order valence-corrected chi connectivity index (χ1v) is 5.96. The molecule has 1 unspecified atom stereocenters. The van der Waals surface area contributed by atoms with Crippen molar-refractivity contribution in [3.63, 3.8) is 0 Å². The van der Waals surface area contributed by atoms with Crippen molar-refractivity contribution >= 4 is 5.91 Å². The van der Waals surface area contributed by atoms with Crippen LogP contribution in [0.1, 0.15) is 35.2 Å². The molecule has 1 saturated heterocycles. The zero-order valence-electron chi connectivity index (χ0n) is 10.7. The summed E-state index contributed by atoms with van der Waals surface area (Å²) in [6, 6.07) is 1.83. The summed E-state index contributed by atoms with van der Waals surface area (Å²) < 4.78 is 5.48. The predicted molar refractivity (Wildman–Crippen MR) is 65.6 cm³/mol. The molecule has 6 nitrogen and oxygen atoms in total. The van der Waals surface area contributed by atoms with E-state index in [9.17, 15) is 9.90 Å². The Morgan fingerprint density at radius 2 is 2.44 bits per heavy atom. The molecule has 1 aromatic heterocycles. The number of nitrogen functional groups attached to an aromatic ring is 1. The lowest BCUT2D eigenvalue weighted by atomic mass is 10.1. The van der Waals surface area contributed by atoms with E-state index in [0.717, 1.165) is 18.5 Å². The molecule has 0 spiro atoms. The molecular weight excluding hydrogens is 234 g/mol. The van der Waals surface area contributed by atoms with Crippen LogP contribution < -0.4 is 11.3 Å². The fraction of sp³-hybridized carbons (Fsp3) is 0.583. The van der Waals surface area contributed by atoms with Crippen LogP contribution in [0.4, 0.5) is 0 Å². The number of aryl methyl sites for hydroxylation is 1. The van der Waals surface area contributed by atoms with Gasteiger partial charge in [0.05, 0.1) is 12.1 Å². The Balaban J connectivity index is 2.05. The average Bonchev–Trinajstić information content (AvgIpc) is 2.81. The van der Waals surface area contributed by atoms with E-state index in [4.69, 9.17) is 10.3 Å². The molecule has 6 heteroatoms. The Labute approximate surface area is 106 Å². The number of carbonyl (C=O) groups excluding carboxylic acids is 1. The van der Waals surface area contributed by atoms with Gasteiger partial charge in [0.2, 0.25) is 0 Å². The summed E-state index contributed by atoms with van der Waals surface area (Å²) in [5.74, 6) is 5.61. The van der Waals surface area contributed by atoms with E-state index in [1.807, 2.05) is 13.0 Å². The number of likely N-dealkylation sites (tertiary alicyclic amines) is 1. The van der Waals surface area contributed by atoms with Crippen LogP contribution in [-0.2, 0) is 6.54 Å². The highest BCUT2D eigenvalue weighted by Gasteiger charge is 2.31. The summed E-state index contributed by atoms with van der Waals surface area (Å²) in [5, 5.41) is 9.88. The molecule has 0 saturated carbocycles. The van der Waals surface area contributed by atoms with Crippen LogP contribution in [0.5, 0.6) is 0 Å². The second-order valence-corrected chi connectivity index (χ2v) is 5.16. The molecule has 1 aliphatic heterocycles. The molecule has 1 fully saturated rings. The molecule has 0 aliphatic carbocycles. The van der Waals surface area contributed by atoms with E-state index in [1.165, 1.54) is 0 Å². The second kappa shape index (κ2) is 4.72. The number of nitrogens with one attached hydrogen (secondary N) is 1. The van der Waals surface area contributed by atoms with Gasteiger partial charge in [-0.25, -0.2) is 5.84 Å². The second-order valence-electron chi connectivity index (χ2n) is 5.16. The maximum atomic E-state index is 11.4. The maximum absolute atomic E-state index is 11.4. The van der Waals surface area contributed by atoms with Gasteiger partial charge in [0.25, 0.3) is 0 Å². The number of carbonyl (C=O) groups is 1. The fourth-order valence-electron chi connectivity index (χ4n) is 2.31. The van der Waals surface area contributed by atoms with Gasteiger partial charge in [0.1, 0.15) is 5.76 Å². The number of aliphatic hydroxyl groups is 1. The summed E-state index contributed by atoms with van der Waals surface area (Å²) in [5.41, 5.74) is 2.19. The van der Waals surface area contributed by atoms with Crippen molar-refractivity contribution in [3.05, 3.63) is 23.2 Å². The minimum absolute atomic E-state index is 0.249. The fourth-order valence-corrected chi connectivity index (χ4v) is 2.31. The summed E-state index contributed by atoms with van der Waals surface area (Å²) in [7, 11) is 0. The molecule has 1 aliphatic rings. The Kier molecular flexibility index (Phi) is 3.43. The average molecular weight is 253 g/mol. The SMILES string of the molecule is Cc1cc(CN2CCC(C)(O)C2)oc1C(=O)NN. The Hall–Kier alpha value is -1.37. The lowest BCUT2D eigenvalue weighted by Crippen LogP contribution is -2.30. The topological polar surface area (TPSA) is 91.7 Å². The molecule has 18 heavy (non-hydrogen) atoms. The molecule has 1 amide bonds. The van der Waals surface area contributed by atoms with Gasteiger partial charge in [0, 0.05) is 18.7 Å². The maximum Gasteiger partial charge on any atom is 0.301 e. The first-order valence-electron chi connectivity index (χ1n) is 5.96. The van der Waals surface area contributed by atoms with Gasteiger partial charge < -0.3 is 9.52 Å². The quantitative estimate of drug-likeness (QED) is 0.405. The van der Waals surface area contributed by atoms with Crippen molar-refractivity contribution in [1.82, 2.24) is 10.3 Å². The van der Waals surface area contributed by atoms with Crippen molar-refractivity contribution in [2.45, 2.75) is 32.4 Å². The van der Waals surface area contributed by atoms with E-state index in [1.54, 1.807) is 6.92 Å². The summed E-state index contributed by atoms with van der Waals surface area (Å²) in [6.45, 7) is 5.66. The standard InChI is InChI=1S/C12H19N3O3/c1-8-5-9(18-10(8)11(16)14-13)6-15-4-3-12(2,17)7-15/h5,17H,3-4,6-7,13H2,1-2H3,(H,14,16). The van der Waals surface area contributed by atoms with Crippen LogP contribution in [0.25, 0.3) is 0 Å². The highest BCUT2D eigenvalue weighted by Crippen LogP contribution is 2.23. The normalized spacial score (nSPS) is 24.4. The van der Waals surface area contributed by atoms with Crippen LogP contribution in [0.15, 0.2) is 10.5 Å². The molecule has 0 bridgehead atoms. The number of amides is 1. The number of hydrazine groups is 1. The first-order chi connectivity index (χ1) is 8.41. The number of furan rings is 1. The zero-order chi connectivity index (χ0) is 13.3. The lowest BCUT2D eigenvalue weighted by Gasteiger charge is -2.17.